The van der Waals surface area contributed by atoms with Crippen LogP contribution in [0.2, 0.25) is 5.02 Å². The molecule has 8 heteroatoms. The van der Waals surface area contributed by atoms with Crippen molar-refractivity contribution in [1.29, 1.82) is 0 Å². The summed E-state index contributed by atoms with van der Waals surface area (Å²) < 4.78 is 22.6. The maximum absolute atomic E-state index is 12.3. The molecule has 1 N–H and O–H groups in total. The third kappa shape index (κ3) is 5.63. The van der Waals surface area contributed by atoms with Crippen molar-refractivity contribution >= 4 is 43.8 Å². The van der Waals surface area contributed by atoms with E-state index in [0.29, 0.717) is 27.7 Å². The van der Waals surface area contributed by atoms with Gasteiger partial charge in [-0.3, -0.25) is 10.1 Å². The summed E-state index contributed by atoms with van der Waals surface area (Å²) in [6, 6.07) is 14.1. The fraction of sp³-hybridized carbons (Fsp3) is 0.158. The number of rotatable bonds is 6. The Morgan fingerprint density at radius 2 is 1.85 bits per heavy atom. The van der Waals surface area contributed by atoms with Gasteiger partial charge in [0.15, 0.2) is 15.0 Å². The Morgan fingerprint density at radius 3 is 2.52 bits per heavy atom. The van der Waals surface area contributed by atoms with E-state index >= 15 is 0 Å². The number of hydrogen-bond acceptors (Lipinski definition) is 5. The SMILES string of the molecule is CS(=O)(=O)Cc1ccc(C(=O)Nc2ncc(Cc3ccccc3Cl)s2)cc1. The van der Waals surface area contributed by atoms with Gasteiger partial charge in [0, 0.05) is 34.3 Å². The Morgan fingerprint density at radius 1 is 1.15 bits per heavy atom. The minimum Gasteiger partial charge on any atom is -0.298 e. The largest absolute Gasteiger partial charge is 0.298 e. The number of aromatic nitrogens is 1. The van der Waals surface area contributed by atoms with Crippen LogP contribution in [-0.4, -0.2) is 25.6 Å². The Balaban J connectivity index is 1.65. The van der Waals surface area contributed by atoms with Crippen LogP contribution in [0.3, 0.4) is 0 Å². The van der Waals surface area contributed by atoms with Crippen molar-refractivity contribution in [2.24, 2.45) is 0 Å². The minimum atomic E-state index is -3.10. The maximum Gasteiger partial charge on any atom is 0.257 e. The molecule has 0 aliphatic rings. The summed E-state index contributed by atoms with van der Waals surface area (Å²) in [5.41, 5.74) is 2.09. The first-order valence-electron chi connectivity index (χ1n) is 8.06. The van der Waals surface area contributed by atoms with Gasteiger partial charge in [0.25, 0.3) is 5.91 Å². The second-order valence-corrected chi connectivity index (χ2v) is 9.78. The molecule has 0 atom stereocenters. The molecule has 5 nitrogen and oxygen atoms in total. The van der Waals surface area contributed by atoms with Crippen molar-refractivity contribution in [2.45, 2.75) is 12.2 Å². The van der Waals surface area contributed by atoms with E-state index in [1.807, 2.05) is 24.3 Å². The third-order valence-electron chi connectivity index (χ3n) is 3.74. The summed E-state index contributed by atoms with van der Waals surface area (Å²) in [6.45, 7) is 0. The first-order chi connectivity index (χ1) is 12.8. The highest BCUT2D eigenvalue weighted by molar-refractivity contribution is 7.89. The standard InChI is InChI=1S/C19H17ClN2O3S2/c1-27(24,25)12-13-6-8-14(9-7-13)18(23)22-19-21-11-16(26-19)10-15-4-2-3-5-17(15)20/h2-9,11H,10,12H2,1H3,(H,21,22,23). The molecule has 3 rings (SSSR count). The van der Waals surface area contributed by atoms with Gasteiger partial charge in [-0.2, -0.15) is 0 Å². The van der Waals surface area contributed by atoms with Crippen LogP contribution in [0.25, 0.3) is 0 Å². The normalized spacial score (nSPS) is 11.3. The van der Waals surface area contributed by atoms with E-state index in [1.165, 1.54) is 17.6 Å². The van der Waals surface area contributed by atoms with E-state index in [0.717, 1.165) is 10.4 Å². The molecule has 0 unspecified atom stereocenters. The fourth-order valence-electron chi connectivity index (χ4n) is 2.50. The molecule has 0 saturated heterocycles. The highest BCUT2D eigenvalue weighted by Crippen LogP contribution is 2.25. The number of nitrogens with one attached hydrogen (secondary N) is 1. The van der Waals surface area contributed by atoms with Crippen molar-refractivity contribution in [1.82, 2.24) is 4.98 Å². The number of thiazole rings is 1. The summed E-state index contributed by atoms with van der Waals surface area (Å²) in [5.74, 6) is -0.341. The van der Waals surface area contributed by atoms with Gasteiger partial charge in [0.05, 0.1) is 5.75 Å². The number of anilines is 1. The molecule has 0 radical (unpaired) electrons. The summed E-state index contributed by atoms with van der Waals surface area (Å²) in [4.78, 5) is 17.6. The van der Waals surface area contributed by atoms with Crippen LogP contribution >= 0.6 is 22.9 Å². The molecule has 0 bridgehead atoms. The molecule has 3 aromatic rings. The monoisotopic (exact) mass is 420 g/mol. The maximum atomic E-state index is 12.3. The number of nitrogens with zero attached hydrogens (tertiary/aromatic N) is 1. The average molecular weight is 421 g/mol. The zero-order chi connectivity index (χ0) is 19.4. The van der Waals surface area contributed by atoms with Crippen LogP contribution in [0, 0.1) is 0 Å². The van der Waals surface area contributed by atoms with Gasteiger partial charge >= 0.3 is 0 Å². The number of amides is 1. The molecule has 2 aromatic carbocycles. The Hall–Kier alpha value is -2.22. The fourth-order valence-corrected chi connectivity index (χ4v) is 4.33. The number of halogens is 1. The van der Waals surface area contributed by atoms with Crippen LogP contribution in [0.4, 0.5) is 5.13 Å². The van der Waals surface area contributed by atoms with E-state index in [4.69, 9.17) is 11.6 Å². The van der Waals surface area contributed by atoms with Crippen LogP contribution in [-0.2, 0) is 22.0 Å². The van der Waals surface area contributed by atoms with Gasteiger partial charge in [-0.25, -0.2) is 13.4 Å². The number of carbonyl (C=O) groups is 1. The van der Waals surface area contributed by atoms with E-state index in [9.17, 15) is 13.2 Å². The van der Waals surface area contributed by atoms with Crippen LogP contribution in [0.15, 0.2) is 54.7 Å². The Bertz CT molecular complexity index is 1060. The number of sulfone groups is 1. The van der Waals surface area contributed by atoms with E-state index in [1.54, 1.807) is 30.5 Å². The molecular formula is C19H17ClN2O3S2. The Labute approximate surface area is 167 Å². The quantitative estimate of drug-likeness (QED) is 0.648. The lowest BCUT2D eigenvalue weighted by molar-refractivity contribution is 0.102. The molecule has 0 aliphatic heterocycles. The number of carbonyl (C=O) groups excluding carboxylic acids is 1. The summed E-state index contributed by atoms with van der Waals surface area (Å²) >= 11 is 7.56. The predicted molar refractivity (Wildman–Crippen MR) is 109 cm³/mol. The van der Waals surface area contributed by atoms with Crippen molar-refractivity contribution in [3.63, 3.8) is 0 Å². The summed E-state index contributed by atoms with van der Waals surface area (Å²) in [5, 5.41) is 3.97. The lowest BCUT2D eigenvalue weighted by atomic mass is 10.1. The first kappa shape index (κ1) is 19.5. The highest BCUT2D eigenvalue weighted by atomic mass is 35.5. The Kier molecular flexibility index (Phi) is 5.94. The van der Waals surface area contributed by atoms with E-state index in [-0.39, 0.29) is 11.7 Å². The van der Waals surface area contributed by atoms with Gasteiger partial charge in [-0.05, 0) is 29.3 Å². The molecule has 0 spiro atoms. The molecule has 0 fully saturated rings. The predicted octanol–water partition coefficient (Wildman–Crippen LogP) is 4.18. The lowest BCUT2D eigenvalue weighted by Gasteiger charge is -2.04. The van der Waals surface area contributed by atoms with Crippen molar-refractivity contribution in [3.05, 3.63) is 81.3 Å². The molecule has 1 amide bonds. The second kappa shape index (κ2) is 8.21. The highest BCUT2D eigenvalue weighted by Gasteiger charge is 2.11. The van der Waals surface area contributed by atoms with E-state index < -0.39 is 9.84 Å². The first-order valence-corrected chi connectivity index (χ1v) is 11.3. The number of hydrogen-bond donors (Lipinski definition) is 1. The van der Waals surface area contributed by atoms with Crippen molar-refractivity contribution in [3.8, 4) is 0 Å². The van der Waals surface area contributed by atoms with Crippen LogP contribution in [0.5, 0.6) is 0 Å². The summed E-state index contributed by atoms with van der Waals surface area (Å²) in [6.07, 6.45) is 3.54. The van der Waals surface area contributed by atoms with Gasteiger partial charge in [0.1, 0.15) is 0 Å². The molecule has 1 aromatic heterocycles. The third-order valence-corrected chi connectivity index (χ3v) is 5.88. The molecular weight excluding hydrogens is 404 g/mol. The molecule has 140 valence electrons. The van der Waals surface area contributed by atoms with Gasteiger partial charge < -0.3 is 0 Å². The zero-order valence-electron chi connectivity index (χ0n) is 14.5. The van der Waals surface area contributed by atoms with Crippen LogP contribution < -0.4 is 5.32 Å². The molecule has 0 aliphatic carbocycles. The van der Waals surface area contributed by atoms with Gasteiger partial charge in [-0.1, -0.05) is 41.9 Å². The van der Waals surface area contributed by atoms with E-state index in [2.05, 4.69) is 10.3 Å². The minimum absolute atomic E-state index is 0.0488. The summed E-state index contributed by atoms with van der Waals surface area (Å²) in [7, 11) is -3.10. The molecule has 1 heterocycles. The number of benzene rings is 2. The van der Waals surface area contributed by atoms with Crippen LogP contribution in [0.1, 0.15) is 26.4 Å². The van der Waals surface area contributed by atoms with Crippen molar-refractivity contribution < 1.29 is 13.2 Å². The zero-order valence-corrected chi connectivity index (χ0v) is 16.9. The topological polar surface area (TPSA) is 76.1 Å². The smallest absolute Gasteiger partial charge is 0.257 e. The average Bonchev–Trinajstić information content (AvgIpc) is 3.03. The van der Waals surface area contributed by atoms with Gasteiger partial charge in [-0.15, -0.1) is 11.3 Å². The van der Waals surface area contributed by atoms with Gasteiger partial charge in [0.2, 0.25) is 0 Å². The van der Waals surface area contributed by atoms with Crippen molar-refractivity contribution in [2.75, 3.05) is 11.6 Å². The molecule has 0 saturated carbocycles. The second-order valence-electron chi connectivity index (χ2n) is 6.12. The molecule has 27 heavy (non-hydrogen) atoms. The lowest BCUT2D eigenvalue weighted by Crippen LogP contribution is -2.11.